The summed E-state index contributed by atoms with van der Waals surface area (Å²) >= 11 is 0. The minimum absolute atomic E-state index is 0.0699. The van der Waals surface area contributed by atoms with Gasteiger partial charge in [-0.2, -0.15) is 0 Å². The van der Waals surface area contributed by atoms with Gasteiger partial charge in [-0.15, -0.1) is 0 Å². The van der Waals surface area contributed by atoms with Crippen molar-refractivity contribution in [2.24, 2.45) is 5.41 Å². The molecule has 2 heterocycles. The number of benzene rings is 1. The predicted molar refractivity (Wildman–Crippen MR) is 141 cm³/mol. The molecule has 1 aliphatic rings. The quantitative estimate of drug-likeness (QED) is 0.472. The Morgan fingerprint density at radius 2 is 1.57 bits per heavy atom. The van der Waals surface area contributed by atoms with Gasteiger partial charge in [0.2, 0.25) is 0 Å². The maximum absolute atomic E-state index is 13.1. The number of carbonyl (C=O) groups is 1. The van der Waals surface area contributed by atoms with E-state index in [0.717, 1.165) is 36.2 Å². The van der Waals surface area contributed by atoms with E-state index in [1.807, 2.05) is 27.0 Å². The Kier molecular flexibility index (Phi) is 7.64. The molecule has 0 unspecified atom stereocenters. The van der Waals surface area contributed by atoms with Crippen molar-refractivity contribution in [3.63, 3.8) is 0 Å². The monoisotopic (exact) mass is 482 g/mol. The number of ether oxygens (including phenoxy) is 1. The summed E-state index contributed by atoms with van der Waals surface area (Å²) in [7, 11) is -0.371. The highest BCUT2D eigenvalue weighted by atomic mass is 16.7. The molecule has 1 aromatic carbocycles. The lowest BCUT2D eigenvalue weighted by atomic mass is 9.78. The fourth-order valence-electron chi connectivity index (χ4n) is 3.95. The number of carbonyl (C=O) groups excluding carboxylic acids is 1. The number of rotatable bonds is 7. The van der Waals surface area contributed by atoms with Crippen LogP contribution in [0, 0.1) is 5.41 Å². The van der Waals surface area contributed by atoms with E-state index in [4.69, 9.17) is 14.0 Å². The number of aromatic nitrogens is 2. The van der Waals surface area contributed by atoms with Gasteiger partial charge >= 0.3 is 13.2 Å². The van der Waals surface area contributed by atoms with E-state index >= 15 is 0 Å². The van der Waals surface area contributed by atoms with Gasteiger partial charge in [0.05, 0.1) is 11.2 Å². The van der Waals surface area contributed by atoms with Crippen molar-refractivity contribution in [3.8, 4) is 0 Å². The summed E-state index contributed by atoms with van der Waals surface area (Å²) in [6, 6.07) is 8.32. The minimum Gasteiger partial charge on any atom is -0.443 e. The molecule has 0 N–H and O–H groups in total. The van der Waals surface area contributed by atoms with Crippen LogP contribution in [0.3, 0.4) is 0 Å². The molecule has 0 bridgehead atoms. The van der Waals surface area contributed by atoms with Gasteiger partial charge in [0, 0.05) is 18.3 Å². The standard InChI is InChI=1S/C28H43BN2O4/c1-11-26(5,6)18-22-19-30-23(31(22)24(32)33-25(2,3)4)17-14-20-12-15-21(16-13-20)29-34-27(7,8)28(9,10)35-29/h12-13,15-16,19H,11,14,17-18H2,1-10H3. The third kappa shape index (κ3) is 6.56. The maximum Gasteiger partial charge on any atom is 0.494 e. The lowest BCUT2D eigenvalue weighted by Gasteiger charge is -2.32. The van der Waals surface area contributed by atoms with Gasteiger partial charge in [-0.3, -0.25) is 0 Å². The Bertz CT molecular complexity index is 1020. The number of aryl methyl sites for hydroxylation is 2. The molecule has 0 radical (unpaired) electrons. The molecule has 35 heavy (non-hydrogen) atoms. The Labute approximate surface area is 211 Å². The van der Waals surface area contributed by atoms with E-state index in [9.17, 15) is 4.79 Å². The number of hydrogen-bond acceptors (Lipinski definition) is 5. The summed E-state index contributed by atoms with van der Waals surface area (Å²) in [6.45, 7) is 20.5. The molecule has 0 atom stereocenters. The van der Waals surface area contributed by atoms with Crippen molar-refractivity contribution in [2.75, 3.05) is 0 Å². The first-order chi connectivity index (χ1) is 16.0. The summed E-state index contributed by atoms with van der Waals surface area (Å²) in [6.07, 6.45) is 4.65. The second-order valence-electron chi connectivity index (χ2n) is 12.5. The lowest BCUT2D eigenvalue weighted by molar-refractivity contribution is 0.00578. The van der Waals surface area contributed by atoms with E-state index in [2.05, 4.69) is 77.7 Å². The fourth-order valence-corrected chi connectivity index (χ4v) is 3.95. The summed E-state index contributed by atoms with van der Waals surface area (Å²) in [5.74, 6) is 0.733. The lowest BCUT2D eigenvalue weighted by Crippen LogP contribution is -2.41. The fraction of sp³-hybridized carbons (Fsp3) is 0.643. The van der Waals surface area contributed by atoms with Crippen molar-refractivity contribution in [2.45, 2.75) is 112 Å². The Hall–Kier alpha value is -2.12. The predicted octanol–water partition coefficient (Wildman–Crippen LogP) is 5.73. The second-order valence-corrected chi connectivity index (χ2v) is 12.5. The zero-order chi connectivity index (χ0) is 26.2. The molecule has 1 aromatic heterocycles. The van der Waals surface area contributed by atoms with E-state index in [0.29, 0.717) is 6.42 Å². The van der Waals surface area contributed by atoms with Gasteiger partial charge in [-0.1, -0.05) is 51.5 Å². The maximum atomic E-state index is 13.1. The van der Waals surface area contributed by atoms with Crippen LogP contribution < -0.4 is 5.46 Å². The number of imidazole rings is 1. The van der Waals surface area contributed by atoms with Crippen LogP contribution in [0.1, 0.15) is 92.7 Å². The second kappa shape index (κ2) is 9.74. The molecule has 1 saturated heterocycles. The van der Waals surface area contributed by atoms with E-state index in [1.54, 1.807) is 4.57 Å². The number of nitrogens with zero attached hydrogens (tertiary/aromatic N) is 2. The summed E-state index contributed by atoms with van der Waals surface area (Å²) in [5.41, 5.74) is 1.85. The highest BCUT2D eigenvalue weighted by Gasteiger charge is 2.51. The molecule has 6 nitrogen and oxygen atoms in total. The normalized spacial score (nSPS) is 17.6. The zero-order valence-corrected chi connectivity index (χ0v) is 23.3. The van der Waals surface area contributed by atoms with Crippen LogP contribution in [0.5, 0.6) is 0 Å². The van der Waals surface area contributed by atoms with Gasteiger partial charge in [0.15, 0.2) is 0 Å². The first-order valence-electron chi connectivity index (χ1n) is 12.8. The van der Waals surface area contributed by atoms with Crippen LogP contribution in [0.2, 0.25) is 0 Å². The molecule has 1 aliphatic heterocycles. The average Bonchev–Trinajstić information content (AvgIpc) is 3.21. The average molecular weight is 482 g/mol. The molecule has 0 amide bonds. The molecule has 7 heteroatoms. The van der Waals surface area contributed by atoms with Gasteiger partial charge in [-0.05, 0) is 77.7 Å². The van der Waals surface area contributed by atoms with Crippen molar-refractivity contribution in [3.05, 3.63) is 47.5 Å². The van der Waals surface area contributed by atoms with Crippen LogP contribution in [0.15, 0.2) is 30.5 Å². The molecular weight excluding hydrogens is 439 g/mol. The summed E-state index contributed by atoms with van der Waals surface area (Å²) < 4.78 is 19.7. The van der Waals surface area contributed by atoms with E-state index < -0.39 is 5.60 Å². The first-order valence-corrected chi connectivity index (χ1v) is 12.8. The van der Waals surface area contributed by atoms with Crippen molar-refractivity contribution >= 4 is 18.7 Å². The Balaban J connectivity index is 1.75. The zero-order valence-electron chi connectivity index (χ0n) is 23.3. The molecule has 1 fully saturated rings. The molecule has 192 valence electrons. The van der Waals surface area contributed by atoms with Crippen LogP contribution in [0.4, 0.5) is 4.79 Å². The third-order valence-electron chi connectivity index (χ3n) is 7.24. The van der Waals surface area contributed by atoms with Crippen LogP contribution in [-0.2, 0) is 33.3 Å². The van der Waals surface area contributed by atoms with E-state index in [1.165, 1.54) is 5.56 Å². The van der Waals surface area contributed by atoms with Crippen molar-refractivity contribution in [1.82, 2.24) is 9.55 Å². The molecule has 3 rings (SSSR count). The highest BCUT2D eigenvalue weighted by molar-refractivity contribution is 6.62. The van der Waals surface area contributed by atoms with E-state index in [-0.39, 0.29) is 29.8 Å². The van der Waals surface area contributed by atoms with Gasteiger partial charge < -0.3 is 14.0 Å². The smallest absolute Gasteiger partial charge is 0.443 e. The molecule has 0 spiro atoms. The third-order valence-corrected chi connectivity index (χ3v) is 7.24. The molecule has 0 aliphatic carbocycles. The number of hydrogen-bond donors (Lipinski definition) is 0. The molecular formula is C28H43BN2O4. The van der Waals surface area contributed by atoms with Gasteiger partial charge in [0.25, 0.3) is 0 Å². The topological polar surface area (TPSA) is 62.6 Å². The molecule has 0 saturated carbocycles. The van der Waals surface area contributed by atoms with Crippen molar-refractivity contribution in [1.29, 1.82) is 0 Å². The van der Waals surface area contributed by atoms with Gasteiger partial charge in [-0.25, -0.2) is 14.3 Å². The van der Waals surface area contributed by atoms with Gasteiger partial charge in [0.1, 0.15) is 11.4 Å². The van der Waals surface area contributed by atoms with Crippen molar-refractivity contribution < 1.29 is 18.8 Å². The molecule has 2 aromatic rings. The van der Waals surface area contributed by atoms with Crippen LogP contribution in [0.25, 0.3) is 0 Å². The highest BCUT2D eigenvalue weighted by Crippen LogP contribution is 2.36. The summed E-state index contributed by atoms with van der Waals surface area (Å²) in [4.78, 5) is 17.8. The van der Waals surface area contributed by atoms with Crippen LogP contribution in [-0.4, -0.2) is 39.6 Å². The van der Waals surface area contributed by atoms with Crippen LogP contribution >= 0.6 is 0 Å². The largest absolute Gasteiger partial charge is 0.494 e. The first kappa shape index (κ1) is 27.5. The Morgan fingerprint density at radius 1 is 1.00 bits per heavy atom. The SMILES string of the molecule is CCC(C)(C)Cc1cnc(CCc2ccc(B3OC(C)(C)C(C)(C)O3)cc2)n1C(=O)OC(C)(C)C. The minimum atomic E-state index is -0.570. The Morgan fingerprint density at radius 3 is 2.09 bits per heavy atom. The summed E-state index contributed by atoms with van der Waals surface area (Å²) in [5, 5.41) is 0.